The molecule has 0 spiro atoms. The summed E-state index contributed by atoms with van der Waals surface area (Å²) in [4.78, 5) is 0. The first-order chi connectivity index (χ1) is 8.71. The van der Waals surface area contributed by atoms with Crippen LogP contribution < -0.4 is 5.73 Å². The molecule has 0 bridgehead atoms. The average molecular weight is 242 g/mol. The van der Waals surface area contributed by atoms with Crippen LogP contribution in [0.15, 0.2) is 30.3 Å². The molecule has 0 amide bonds. The summed E-state index contributed by atoms with van der Waals surface area (Å²) in [5.74, 6) is 1.80. The predicted molar refractivity (Wildman–Crippen MR) is 70.4 cm³/mol. The molecule has 4 nitrogen and oxygen atoms in total. The van der Waals surface area contributed by atoms with Crippen LogP contribution in [0.1, 0.15) is 37.3 Å². The summed E-state index contributed by atoms with van der Waals surface area (Å²) in [6, 6.07) is 10.2. The minimum Gasteiger partial charge on any atom is -0.319 e. The first-order valence-electron chi connectivity index (χ1n) is 6.47. The third-order valence-electron chi connectivity index (χ3n) is 3.78. The summed E-state index contributed by atoms with van der Waals surface area (Å²) in [6.45, 7) is 1.97. The Labute approximate surface area is 107 Å². The minimum atomic E-state index is -0.308. The van der Waals surface area contributed by atoms with Gasteiger partial charge in [-0.1, -0.05) is 31.0 Å². The van der Waals surface area contributed by atoms with E-state index in [0.717, 1.165) is 30.2 Å². The Bertz CT molecular complexity index is 538. The summed E-state index contributed by atoms with van der Waals surface area (Å²) in [7, 11) is 0. The molecule has 0 saturated heterocycles. The molecule has 0 aliphatic heterocycles. The van der Waals surface area contributed by atoms with Crippen molar-refractivity contribution in [2.75, 3.05) is 0 Å². The Hall–Kier alpha value is -1.68. The van der Waals surface area contributed by atoms with E-state index in [9.17, 15) is 0 Å². The molecule has 1 aliphatic rings. The Kier molecular flexibility index (Phi) is 2.67. The van der Waals surface area contributed by atoms with Gasteiger partial charge in [-0.3, -0.25) is 4.57 Å². The molecule has 1 aromatic heterocycles. The van der Waals surface area contributed by atoms with Gasteiger partial charge in [0.15, 0.2) is 5.82 Å². The Morgan fingerprint density at radius 2 is 1.78 bits per heavy atom. The summed E-state index contributed by atoms with van der Waals surface area (Å²) in [6.07, 6.45) is 4.35. The molecule has 1 aliphatic carbocycles. The summed E-state index contributed by atoms with van der Waals surface area (Å²) in [5.41, 5.74) is 7.29. The molecule has 4 heteroatoms. The maximum absolute atomic E-state index is 6.51. The fourth-order valence-electron chi connectivity index (χ4n) is 2.80. The first-order valence-corrected chi connectivity index (χ1v) is 6.47. The van der Waals surface area contributed by atoms with Crippen molar-refractivity contribution in [3.63, 3.8) is 0 Å². The second kappa shape index (κ2) is 4.21. The van der Waals surface area contributed by atoms with Crippen molar-refractivity contribution in [2.24, 2.45) is 5.73 Å². The van der Waals surface area contributed by atoms with E-state index in [1.165, 1.54) is 12.8 Å². The van der Waals surface area contributed by atoms with Gasteiger partial charge in [0.1, 0.15) is 5.82 Å². The predicted octanol–water partition coefficient (Wildman–Crippen LogP) is 2.30. The van der Waals surface area contributed by atoms with Crippen molar-refractivity contribution >= 4 is 0 Å². The van der Waals surface area contributed by atoms with Crippen molar-refractivity contribution in [2.45, 2.75) is 38.1 Å². The molecule has 1 saturated carbocycles. The lowest BCUT2D eigenvalue weighted by Crippen LogP contribution is -2.36. The zero-order chi connectivity index (χ0) is 12.6. The van der Waals surface area contributed by atoms with Gasteiger partial charge in [0.2, 0.25) is 0 Å². The van der Waals surface area contributed by atoms with Crippen molar-refractivity contribution < 1.29 is 0 Å². The van der Waals surface area contributed by atoms with Gasteiger partial charge in [0, 0.05) is 5.69 Å². The Morgan fingerprint density at radius 1 is 1.11 bits per heavy atom. The molecule has 2 N–H and O–H groups in total. The zero-order valence-corrected chi connectivity index (χ0v) is 10.6. The number of nitrogens with zero attached hydrogens (tertiary/aromatic N) is 3. The summed E-state index contributed by atoms with van der Waals surface area (Å²) < 4.78 is 2.09. The fourth-order valence-corrected chi connectivity index (χ4v) is 2.80. The smallest absolute Gasteiger partial charge is 0.157 e. The van der Waals surface area contributed by atoms with Gasteiger partial charge < -0.3 is 5.73 Å². The van der Waals surface area contributed by atoms with Crippen LogP contribution in [-0.4, -0.2) is 14.8 Å². The van der Waals surface area contributed by atoms with E-state index >= 15 is 0 Å². The van der Waals surface area contributed by atoms with E-state index in [1.807, 2.05) is 25.1 Å². The lowest BCUT2D eigenvalue weighted by atomic mass is 9.98. The topological polar surface area (TPSA) is 56.7 Å². The van der Waals surface area contributed by atoms with E-state index in [2.05, 4.69) is 26.9 Å². The molecule has 1 fully saturated rings. The molecular formula is C14H18N4. The highest BCUT2D eigenvalue weighted by Crippen LogP contribution is 2.36. The highest BCUT2D eigenvalue weighted by Gasteiger charge is 2.36. The standard InChI is InChI=1S/C14H18N4/c1-11-16-17-13(14(15)9-5-6-10-14)18(11)12-7-3-2-4-8-12/h2-4,7-8H,5-6,9-10,15H2,1H3. The molecule has 3 rings (SSSR count). The van der Waals surface area contributed by atoms with Gasteiger partial charge in [-0.05, 0) is 31.9 Å². The number of hydrogen-bond acceptors (Lipinski definition) is 3. The molecule has 94 valence electrons. The van der Waals surface area contributed by atoms with Crippen molar-refractivity contribution in [1.82, 2.24) is 14.8 Å². The highest BCUT2D eigenvalue weighted by atomic mass is 15.3. The van der Waals surface area contributed by atoms with Gasteiger partial charge in [-0.15, -0.1) is 10.2 Å². The fraction of sp³-hybridized carbons (Fsp3) is 0.429. The van der Waals surface area contributed by atoms with Crippen molar-refractivity contribution in [1.29, 1.82) is 0 Å². The van der Waals surface area contributed by atoms with Crippen LogP contribution in [0, 0.1) is 6.92 Å². The van der Waals surface area contributed by atoms with E-state index in [4.69, 9.17) is 5.73 Å². The van der Waals surface area contributed by atoms with Gasteiger partial charge in [0.05, 0.1) is 5.54 Å². The van der Waals surface area contributed by atoms with Crippen molar-refractivity contribution in [3.8, 4) is 5.69 Å². The molecule has 18 heavy (non-hydrogen) atoms. The monoisotopic (exact) mass is 242 g/mol. The molecule has 0 atom stereocenters. The van der Waals surface area contributed by atoms with Crippen LogP contribution in [-0.2, 0) is 5.54 Å². The number of nitrogens with two attached hydrogens (primary N) is 1. The van der Waals surface area contributed by atoms with Crippen LogP contribution in [0.5, 0.6) is 0 Å². The van der Waals surface area contributed by atoms with Gasteiger partial charge in [-0.2, -0.15) is 0 Å². The number of para-hydroxylation sites is 1. The lowest BCUT2D eigenvalue weighted by molar-refractivity contribution is 0.423. The third-order valence-corrected chi connectivity index (χ3v) is 3.78. The van der Waals surface area contributed by atoms with Gasteiger partial charge in [0.25, 0.3) is 0 Å². The molecule has 0 radical (unpaired) electrons. The second-order valence-corrected chi connectivity index (χ2v) is 5.11. The maximum Gasteiger partial charge on any atom is 0.157 e. The minimum absolute atomic E-state index is 0.308. The third kappa shape index (κ3) is 1.73. The first kappa shape index (κ1) is 11.4. The molecule has 2 aromatic rings. The van der Waals surface area contributed by atoms with Gasteiger partial charge in [-0.25, -0.2) is 0 Å². The average Bonchev–Trinajstić information content (AvgIpc) is 2.98. The molecular weight excluding hydrogens is 224 g/mol. The maximum atomic E-state index is 6.51. The SMILES string of the molecule is Cc1nnc(C2(N)CCCC2)n1-c1ccccc1. The number of hydrogen-bond donors (Lipinski definition) is 1. The van der Waals surface area contributed by atoms with E-state index in [1.54, 1.807) is 0 Å². The summed E-state index contributed by atoms with van der Waals surface area (Å²) in [5, 5.41) is 8.55. The molecule has 1 aromatic carbocycles. The molecule has 0 unspecified atom stereocenters. The summed E-state index contributed by atoms with van der Waals surface area (Å²) >= 11 is 0. The number of benzene rings is 1. The van der Waals surface area contributed by atoms with E-state index in [-0.39, 0.29) is 5.54 Å². The Balaban J connectivity index is 2.12. The van der Waals surface area contributed by atoms with E-state index < -0.39 is 0 Å². The Morgan fingerprint density at radius 3 is 2.44 bits per heavy atom. The quantitative estimate of drug-likeness (QED) is 0.879. The lowest BCUT2D eigenvalue weighted by Gasteiger charge is -2.23. The highest BCUT2D eigenvalue weighted by molar-refractivity contribution is 5.35. The van der Waals surface area contributed by atoms with Crippen LogP contribution in [0.4, 0.5) is 0 Å². The van der Waals surface area contributed by atoms with E-state index in [0.29, 0.717) is 0 Å². The second-order valence-electron chi connectivity index (χ2n) is 5.11. The van der Waals surface area contributed by atoms with Crippen LogP contribution in [0.3, 0.4) is 0 Å². The van der Waals surface area contributed by atoms with Gasteiger partial charge >= 0.3 is 0 Å². The van der Waals surface area contributed by atoms with Crippen LogP contribution in [0.2, 0.25) is 0 Å². The zero-order valence-electron chi connectivity index (χ0n) is 10.6. The number of aromatic nitrogens is 3. The van der Waals surface area contributed by atoms with Crippen LogP contribution >= 0.6 is 0 Å². The number of aryl methyl sites for hydroxylation is 1. The normalized spacial score (nSPS) is 18.1. The largest absolute Gasteiger partial charge is 0.319 e. The van der Waals surface area contributed by atoms with Crippen molar-refractivity contribution in [3.05, 3.63) is 42.0 Å². The molecule has 1 heterocycles. The number of rotatable bonds is 2. The van der Waals surface area contributed by atoms with Crippen LogP contribution in [0.25, 0.3) is 5.69 Å².